The molecule has 0 aliphatic carbocycles. The minimum atomic E-state index is 0. The van der Waals surface area contributed by atoms with Gasteiger partial charge in [0.15, 0.2) is 0 Å². The number of quaternary nitrogens is 1. The molecule has 0 radical (unpaired) electrons. The molecule has 1 aliphatic heterocycles. The molecule has 0 aromatic carbocycles. The van der Waals surface area contributed by atoms with Crippen LogP contribution < -0.4 is 12.4 Å². The number of hydrogen-bond acceptors (Lipinski definition) is 0. The molecule has 1 nitrogen and oxygen atoms in total. The third kappa shape index (κ3) is 11.5. The van der Waals surface area contributed by atoms with Gasteiger partial charge in [-0.05, 0) is 32.1 Å². The van der Waals surface area contributed by atoms with Crippen molar-refractivity contribution in [1.82, 2.24) is 0 Å². The van der Waals surface area contributed by atoms with E-state index in [9.17, 15) is 0 Å². The highest BCUT2D eigenvalue weighted by Crippen LogP contribution is 2.18. The third-order valence-corrected chi connectivity index (χ3v) is 5.20. The van der Waals surface area contributed by atoms with Crippen LogP contribution in [0.25, 0.3) is 0 Å². The Morgan fingerprint density at radius 3 is 1.52 bits per heavy atom. The van der Waals surface area contributed by atoms with Gasteiger partial charge in [0.2, 0.25) is 0 Å². The number of hydrogen-bond donors (Lipinski definition) is 0. The van der Waals surface area contributed by atoms with Gasteiger partial charge >= 0.3 is 0 Å². The van der Waals surface area contributed by atoms with Gasteiger partial charge in [0.1, 0.15) is 0 Å². The zero-order valence-electron chi connectivity index (χ0n) is 14.8. The topological polar surface area (TPSA) is 0 Å². The summed E-state index contributed by atoms with van der Waals surface area (Å²) in [4.78, 5) is 0. The van der Waals surface area contributed by atoms with Crippen LogP contribution in [0.2, 0.25) is 0 Å². The predicted molar refractivity (Wildman–Crippen MR) is 91.1 cm³/mol. The van der Waals surface area contributed by atoms with E-state index in [1.807, 2.05) is 0 Å². The van der Waals surface area contributed by atoms with Crippen LogP contribution in [0.3, 0.4) is 0 Å². The molecule has 1 saturated heterocycles. The van der Waals surface area contributed by atoms with Crippen molar-refractivity contribution < 1.29 is 16.9 Å². The van der Waals surface area contributed by atoms with Crippen molar-refractivity contribution in [3.05, 3.63) is 0 Å². The summed E-state index contributed by atoms with van der Waals surface area (Å²) in [5.74, 6) is 0. The summed E-state index contributed by atoms with van der Waals surface area (Å²) < 4.78 is 1.37. The number of halogens is 1. The molecule has 0 atom stereocenters. The molecule has 0 aromatic heterocycles. The van der Waals surface area contributed by atoms with E-state index in [-0.39, 0.29) is 12.4 Å². The first-order valence-corrected chi connectivity index (χ1v) is 9.60. The monoisotopic (exact) mass is 317 g/mol. The summed E-state index contributed by atoms with van der Waals surface area (Å²) >= 11 is 0. The second kappa shape index (κ2) is 13.9. The van der Waals surface area contributed by atoms with E-state index in [0.717, 1.165) is 0 Å². The summed E-state index contributed by atoms with van der Waals surface area (Å²) in [5.41, 5.74) is 0. The Balaban J connectivity index is 0.00000400. The van der Waals surface area contributed by atoms with E-state index >= 15 is 0 Å². The highest BCUT2D eigenvalue weighted by Gasteiger charge is 2.23. The SMILES string of the molecule is CCCCCCCCCCCCC[N+]1(C)CCCCC1.[Cl-]. The van der Waals surface area contributed by atoms with Crippen LogP contribution in [-0.2, 0) is 0 Å². The van der Waals surface area contributed by atoms with Gasteiger partial charge in [-0.25, -0.2) is 0 Å². The fraction of sp³-hybridized carbons (Fsp3) is 1.00. The molecule has 128 valence electrons. The van der Waals surface area contributed by atoms with Crippen molar-refractivity contribution >= 4 is 0 Å². The number of likely N-dealkylation sites (tertiary alicyclic amines) is 1. The molecular weight excluding hydrogens is 278 g/mol. The van der Waals surface area contributed by atoms with Gasteiger partial charge in [-0.2, -0.15) is 0 Å². The summed E-state index contributed by atoms with van der Waals surface area (Å²) in [6.45, 7) is 6.62. The van der Waals surface area contributed by atoms with E-state index in [2.05, 4.69) is 14.0 Å². The highest BCUT2D eigenvalue weighted by molar-refractivity contribution is 4.53. The fourth-order valence-electron chi connectivity index (χ4n) is 3.66. The third-order valence-electron chi connectivity index (χ3n) is 5.20. The Labute approximate surface area is 140 Å². The molecule has 1 rings (SSSR count). The van der Waals surface area contributed by atoms with Crippen molar-refractivity contribution in [3.63, 3.8) is 0 Å². The first kappa shape index (κ1) is 21.2. The van der Waals surface area contributed by atoms with Crippen molar-refractivity contribution in [2.24, 2.45) is 0 Å². The summed E-state index contributed by atoms with van der Waals surface area (Å²) in [5, 5.41) is 0. The largest absolute Gasteiger partial charge is 1.00 e. The Hall–Kier alpha value is 0.250. The van der Waals surface area contributed by atoms with Gasteiger partial charge < -0.3 is 16.9 Å². The lowest BCUT2D eigenvalue weighted by atomic mass is 10.0. The number of nitrogens with zero attached hydrogens (tertiary/aromatic N) is 1. The molecule has 0 N–H and O–H groups in total. The van der Waals surface area contributed by atoms with Gasteiger partial charge in [-0.1, -0.05) is 64.7 Å². The zero-order chi connectivity index (χ0) is 14.5. The van der Waals surface area contributed by atoms with Crippen LogP contribution in [0.4, 0.5) is 0 Å². The molecule has 1 aliphatic rings. The molecule has 0 amide bonds. The maximum atomic E-state index is 2.48. The lowest BCUT2D eigenvalue weighted by Crippen LogP contribution is -3.00. The lowest BCUT2D eigenvalue weighted by molar-refractivity contribution is -0.914. The lowest BCUT2D eigenvalue weighted by Gasteiger charge is -2.37. The second-order valence-electron chi connectivity index (χ2n) is 7.39. The second-order valence-corrected chi connectivity index (χ2v) is 7.39. The smallest absolute Gasteiger partial charge is 0.0784 e. The van der Waals surface area contributed by atoms with E-state index in [4.69, 9.17) is 0 Å². The van der Waals surface area contributed by atoms with Crippen LogP contribution in [0.15, 0.2) is 0 Å². The number of unbranched alkanes of at least 4 members (excludes halogenated alkanes) is 10. The normalized spacial score (nSPS) is 17.4. The molecular formula is C19H40ClN. The molecule has 0 unspecified atom stereocenters. The van der Waals surface area contributed by atoms with Crippen molar-refractivity contribution in [2.75, 3.05) is 26.7 Å². The molecule has 0 spiro atoms. The van der Waals surface area contributed by atoms with E-state index in [1.165, 1.54) is 114 Å². The Morgan fingerprint density at radius 2 is 1.05 bits per heavy atom. The maximum absolute atomic E-state index is 2.48. The minimum Gasteiger partial charge on any atom is -1.00 e. The Morgan fingerprint density at radius 1 is 0.619 bits per heavy atom. The predicted octanol–water partition coefficient (Wildman–Crippen LogP) is 2.93. The van der Waals surface area contributed by atoms with Crippen molar-refractivity contribution in [3.8, 4) is 0 Å². The maximum Gasteiger partial charge on any atom is 0.0784 e. The highest BCUT2D eigenvalue weighted by atomic mass is 35.5. The summed E-state index contributed by atoms with van der Waals surface area (Å²) in [6, 6.07) is 0. The Bertz CT molecular complexity index is 212. The molecule has 21 heavy (non-hydrogen) atoms. The van der Waals surface area contributed by atoms with Gasteiger partial charge in [0, 0.05) is 0 Å². The number of piperidine rings is 1. The number of rotatable bonds is 12. The molecule has 1 heterocycles. The van der Waals surface area contributed by atoms with Crippen molar-refractivity contribution in [1.29, 1.82) is 0 Å². The standard InChI is InChI=1S/C19H40N.ClH/c1-3-4-5-6-7-8-9-10-11-12-14-17-20(2)18-15-13-16-19-20;/h3-19H2,1-2H3;1H/q+1;/p-1. The average Bonchev–Trinajstić information content (AvgIpc) is 2.45. The van der Waals surface area contributed by atoms with Crippen LogP contribution >= 0.6 is 0 Å². The zero-order valence-corrected chi connectivity index (χ0v) is 15.6. The first-order chi connectivity index (χ1) is 9.77. The van der Waals surface area contributed by atoms with Gasteiger partial charge in [-0.15, -0.1) is 0 Å². The van der Waals surface area contributed by atoms with Crippen molar-refractivity contribution in [2.45, 2.75) is 96.8 Å². The minimum absolute atomic E-state index is 0. The van der Waals surface area contributed by atoms with E-state index in [0.29, 0.717) is 0 Å². The average molecular weight is 318 g/mol. The Kier molecular flexibility index (Phi) is 14.0. The van der Waals surface area contributed by atoms with Gasteiger partial charge in [0.05, 0.1) is 26.7 Å². The van der Waals surface area contributed by atoms with Crippen LogP contribution in [-0.4, -0.2) is 31.2 Å². The molecule has 1 fully saturated rings. The first-order valence-electron chi connectivity index (χ1n) is 9.60. The molecule has 0 saturated carbocycles. The summed E-state index contributed by atoms with van der Waals surface area (Å²) in [6.07, 6.45) is 20.5. The van der Waals surface area contributed by atoms with Crippen LogP contribution in [0, 0.1) is 0 Å². The van der Waals surface area contributed by atoms with Gasteiger partial charge in [-0.3, -0.25) is 0 Å². The summed E-state index contributed by atoms with van der Waals surface area (Å²) in [7, 11) is 2.48. The van der Waals surface area contributed by atoms with Crippen LogP contribution in [0.1, 0.15) is 96.8 Å². The fourth-order valence-corrected chi connectivity index (χ4v) is 3.66. The molecule has 0 bridgehead atoms. The van der Waals surface area contributed by atoms with Crippen LogP contribution in [0.5, 0.6) is 0 Å². The van der Waals surface area contributed by atoms with E-state index < -0.39 is 0 Å². The van der Waals surface area contributed by atoms with Gasteiger partial charge in [0.25, 0.3) is 0 Å². The van der Waals surface area contributed by atoms with E-state index in [1.54, 1.807) is 0 Å². The molecule has 0 aromatic rings. The molecule has 2 heteroatoms. The quantitative estimate of drug-likeness (QED) is 0.383.